The Morgan fingerprint density at radius 2 is 1.71 bits per heavy atom. The molecule has 1 aliphatic rings. The lowest BCUT2D eigenvalue weighted by molar-refractivity contribution is 0.214. The molecular formula is C19H27N9. The predicted octanol–water partition coefficient (Wildman–Crippen LogP) is 2.51. The van der Waals surface area contributed by atoms with E-state index in [1.165, 1.54) is 6.42 Å². The lowest BCUT2D eigenvalue weighted by atomic mass is 9.75. The van der Waals surface area contributed by atoms with Crippen molar-refractivity contribution in [1.82, 2.24) is 39.5 Å². The molecule has 0 radical (unpaired) electrons. The van der Waals surface area contributed by atoms with Crippen LogP contribution in [-0.4, -0.2) is 52.6 Å². The first kappa shape index (κ1) is 18.5. The van der Waals surface area contributed by atoms with Gasteiger partial charge in [0.15, 0.2) is 0 Å². The van der Waals surface area contributed by atoms with Gasteiger partial charge in [-0.2, -0.15) is 4.68 Å². The quantitative estimate of drug-likeness (QED) is 0.688. The molecule has 0 bridgehead atoms. The molecule has 4 rings (SSSR count). The zero-order valence-corrected chi connectivity index (χ0v) is 17.2. The predicted molar refractivity (Wildman–Crippen MR) is 106 cm³/mol. The van der Waals surface area contributed by atoms with Crippen molar-refractivity contribution in [3.8, 4) is 17.6 Å². The fourth-order valence-corrected chi connectivity index (χ4v) is 4.31. The van der Waals surface area contributed by atoms with Crippen LogP contribution in [0.15, 0.2) is 24.8 Å². The fourth-order valence-electron chi connectivity index (χ4n) is 4.31. The van der Waals surface area contributed by atoms with E-state index < -0.39 is 0 Å². The van der Waals surface area contributed by atoms with E-state index in [9.17, 15) is 0 Å². The van der Waals surface area contributed by atoms with Gasteiger partial charge in [0.25, 0.3) is 5.95 Å². The lowest BCUT2D eigenvalue weighted by Crippen LogP contribution is -2.34. The fraction of sp³-hybridized carbons (Fsp3) is 0.579. The van der Waals surface area contributed by atoms with Gasteiger partial charge in [-0.1, -0.05) is 27.7 Å². The van der Waals surface area contributed by atoms with Crippen LogP contribution in [0.5, 0.6) is 0 Å². The smallest absolute Gasteiger partial charge is 0.251 e. The van der Waals surface area contributed by atoms with Gasteiger partial charge < -0.3 is 4.90 Å². The number of anilines is 1. The first-order valence-corrected chi connectivity index (χ1v) is 9.58. The molecule has 9 heteroatoms. The van der Waals surface area contributed by atoms with Crippen molar-refractivity contribution >= 4 is 5.95 Å². The summed E-state index contributed by atoms with van der Waals surface area (Å²) in [5.41, 5.74) is 0.520. The van der Waals surface area contributed by atoms with E-state index in [4.69, 9.17) is 0 Å². The minimum atomic E-state index is 0.205. The van der Waals surface area contributed by atoms with Crippen molar-refractivity contribution in [2.45, 2.75) is 40.5 Å². The van der Waals surface area contributed by atoms with Crippen LogP contribution >= 0.6 is 0 Å². The molecule has 9 nitrogen and oxygen atoms in total. The highest BCUT2D eigenvalue weighted by atomic mass is 15.4. The van der Waals surface area contributed by atoms with Gasteiger partial charge in [-0.3, -0.25) is 4.57 Å². The maximum absolute atomic E-state index is 4.48. The van der Waals surface area contributed by atoms with Crippen LogP contribution < -0.4 is 4.90 Å². The molecule has 0 spiro atoms. The van der Waals surface area contributed by atoms with Gasteiger partial charge in [0, 0.05) is 32.5 Å². The molecular weight excluding hydrogens is 354 g/mol. The number of hydrogen-bond donors (Lipinski definition) is 0. The maximum Gasteiger partial charge on any atom is 0.251 e. The molecule has 4 heterocycles. The molecule has 1 aliphatic heterocycles. The van der Waals surface area contributed by atoms with Gasteiger partial charge in [0.05, 0.1) is 0 Å². The average Bonchev–Trinajstić information content (AvgIpc) is 3.22. The summed E-state index contributed by atoms with van der Waals surface area (Å²) in [6, 6.07) is 1.76. The molecule has 0 aromatic carbocycles. The van der Waals surface area contributed by atoms with Gasteiger partial charge >= 0.3 is 0 Å². The average molecular weight is 381 g/mol. The normalized spacial score (nSPS) is 18.8. The summed E-state index contributed by atoms with van der Waals surface area (Å²) in [6.45, 7) is 11.3. The Morgan fingerprint density at radius 1 is 0.964 bits per heavy atom. The largest absolute Gasteiger partial charge is 0.340 e. The zero-order chi connectivity index (χ0) is 19.9. The molecule has 0 saturated carbocycles. The van der Waals surface area contributed by atoms with E-state index in [0.29, 0.717) is 23.0 Å². The van der Waals surface area contributed by atoms with Crippen LogP contribution in [0, 0.1) is 10.8 Å². The molecule has 28 heavy (non-hydrogen) atoms. The molecule has 3 aromatic rings. The van der Waals surface area contributed by atoms with Crippen molar-refractivity contribution < 1.29 is 0 Å². The summed E-state index contributed by atoms with van der Waals surface area (Å²) < 4.78 is 3.52. The van der Waals surface area contributed by atoms with Crippen molar-refractivity contribution in [3.63, 3.8) is 0 Å². The highest BCUT2D eigenvalue weighted by molar-refractivity contribution is 5.48. The van der Waals surface area contributed by atoms with E-state index in [1.54, 1.807) is 29.5 Å². The van der Waals surface area contributed by atoms with E-state index >= 15 is 0 Å². The second kappa shape index (κ2) is 6.65. The summed E-state index contributed by atoms with van der Waals surface area (Å²) in [4.78, 5) is 15.1. The Hall–Kier alpha value is -2.84. The second-order valence-corrected chi connectivity index (χ2v) is 9.12. The third kappa shape index (κ3) is 3.61. The van der Waals surface area contributed by atoms with Gasteiger partial charge in [-0.25, -0.2) is 15.0 Å². The monoisotopic (exact) mass is 381 g/mol. The number of hydrogen-bond acceptors (Lipinski definition) is 7. The molecule has 1 saturated heterocycles. The summed E-state index contributed by atoms with van der Waals surface area (Å²) >= 11 is 0. The molecule has 0 aliphatic carbocycles. The Balaban J connectivity index is 1.62. The van der Waals surface area contributed by atoms with Gasteiger partial charge in [0.1, 0.15) is 6.33 Å². The molecule has 0 unspecified atom stereocenters. The van der Waals surface area contributed by atoms with Crippen LogP contribution in [0.3, 0.4) is 0 Å². The lowest BCUT2D eigenvalue weighted by Gasteiger charge is -2.32. The highest BCUT2D eigenvalue weighted by Crippen LogP contribution is 2.40. The second-order valence-electron chi connectivity index (χ2n) is 9.12. The van der Waals surface area contributed by atoms with Gasteiger partial charge in [-0.15, -0.1) is 15.3 Å². The van der Waals surface area contributed by atoms with E-state index in [-0.39, 0.29) is 5.41 Å². The molecule has 0 amide bonds. The van der Waals surface area contributed by atoms with Crippen molar-refractivity contribution in [1.29, 1.82) is 0 Å². The van der Waals surface area contributed by atoms with Gasteiger partial charge in [0.2, 0.25) is 17.6 Å². The molecule has 1 fully saturated rings. The van der Waals surface area contributed by atoms with Crippen molar-refractivity contribution in [2.75, 3.05) is 18.0 Å². The Morgan fingerprint density at radius 3 is 2.46 bits per heavy atom. The number of rotatable bonds is 3. The van der Waals surface area contributed by atoms with E-state index in [2.05, 4.69) is 62.8 Å². The topological polar surface area (TPSA) is 90.4 Å². The SMILES string of the molecule is Cn1c(-c2ncn(-c3ncccn3)n2)nnc1N1CCC(C)(C)CC(C)(C)C1. The van der Waals surface area contributed by atoms with Crippen molar-refractivity contribution in [3.05, 3.63) is 24.8 Å². The Labute approximate surface area is 164 Å². The maximum atomic E-state index is 4.48. The highest BCUT2D eigenvalue weighted by Gasteiger charge is 2.35. The molecule has 148 valence electrons. The summed E-state index contributed by atoms with van der Waals surface area (Å²) in [7, 11) is 1.97. The molecule has 0 atom stereocenters. The molecule has 0 N–H and O–H groups in total. The Bertz CT molecular complexity index is 955. The number of aromatic nitrogens is 8. The zero-order valence-electron chi connectivity index (χ0n) is 17.2. The first-order valence-electron chi connectivity index (χ1n) is 9.58. The minimum absolute atomic E-state index is 0.205. The number of nitrogens with zero attached hydrogens (tertiary/aromatic N) is 9. The third-order valence-electron chi connectivity index (χ3n) is 5.22. The van der Waals surface area contributed by atoms with Crippen LogP contribution in [0.1, 0.15) is 40.5 Å². The molecule has 3 aromatic heterocycles. The van der Waals surface area contributed by atoms with Crippen LogP contribution in [-0.2, 0) is 7.05 Å². The van der Waals surface area contributed by atoms with Crippen LogP contribution in [0.2, 0.25) is 0 Å². The van der Waals surface area contributed by atoms with Crippen LogP contribution in [0.25, 0.3) is 17.6 Å². The first-order chi connectivity index (χ1) is 13.2. The van der Waals surface area contributed by atoms with Crippen molar-refractivity contribution in [2.24, 2.45) is 17.9 Å². The third-order valence-corrected chi connectivity index (χ3v) is 5.22. The summed E-state index contributed by atoms with van der Waals surface area (Å²) in [5, 5.41) is 13.3. The minimum Gasteiger partial charge on any atom is -0.340 e. The van der Waals surface area contributed by atoms with E-state index in [0.717, 1.165) is 25.5 Å². The van der Waals surface area contributed by atoms with E-state index in [1.807, 2.05) is 11.6 Å². The summed E-state index contributed by atoms with van der Waals surface area (Å²) in [6.07, 6.45) is 7.25. The summed E-state index contributed by atoms with van der Waals surface area (Å²) in [5.74, 6) is 2.46. The van der Waals surface area contributed by atoms with Crippen LogP contribution in [0.4, 0.5) is 5.95 Å². The van der Waals surface area contributed by atoms with Gasteiger partial charge in [-0.05, 0) is 29.7 Å². The standard InChI is InChI=1S/C19H27N9/c1-18(2)7-10-27(12-19(3,4)11-18)17-24-23-15(26(17)5)14-22-13-28(25-14)16-20-8-6-9-21-16/h6,8-9,13H,7,10-12H2,1-5H3. The Kier molecular flexibility index (Phi) is 4.40.